The molecular weight excluding hydrogens is 291 g/mol. The van der Waals surface area contributed by atoms with Crippen molar-refractivity contribution in [2.45, 2.75) is 27.3 Å². The highest BCUT2D eigenvalue weighted by Crippen LogP contribution is 2.26. The summed E-state index contributed by atoms with van der Waals surface area (Å²) in [6.07, 6.45) is 0. The number of rotatable bonds is 1. The maximum atomic E-state index is 11.9. The van der Waals surface area contributed by atoms with E-state index in [1.165, 1.54) is 0 Å². The van der Waals surface area contributed by atoms with Gasteiger partial charge in [-0.2, -0.15) is 0 Å². The summed E-state index contributed by atoms with van der Waals surface area (Å²) in [4.78, 5) is 16.0. The summed E-state index contributed by atoms with van der Waals surface area (Å²) in [6, 6.07) is 6.16. The van der Waals surface area contributed by atoms with Crippen LogP contribution in [0, 0.1) is 5.41 Å². The predicted octanol–water partition coefficient (Wildman–Crippen LogP) is 1.25. The van der Waals surface area contributed by atoms with E-state index in [1.807, 2.05) is 17.0 Å². The van der Waals surface area contributed by atoms with Crippen molar-refractivity contribution in [3.8, 4) is 0 Å². The van der Waals surface area contributed by atoms with Crippen LogP contribution in [0.25, 0.3) is 0 Å². The molecule has 5 nitrogen and oxygen atoms in total. The average molecular weight is 316 g/mol. The zero-order valence-corrected chi connectivity index (χ0v) is 14.5. The Balaban J connectivity index is 1.87. The van der Waals surface area contributed by atoms with Crippen LogP contribution < -0.4 is 10.4 Å². The molecule has 0 radical (unpaired) electrons. The van der Waals surface area contributed by atoms with Crippen molar-refractivity contribution in [2.75, 3.05) is 38.3 Å². The summed E-state index contributed by atoms with van der Waals surface area (Å²) in [5.41, 5.74) is 3.24. The lowest BCUT2D eigenvalue weighted by atomic mass is 9.75. The fourth-order valence-corrected chi connectivity index (χ4v) is 3.11. The number of carbonyl (C=O) groups is 1. The Labute approximate surface area is 138 Å². The third-order valence-electron chi connectivity index (χ3n) is 4.44. The quantitative estimate of drug-likeness (QED) is 0.732. The minimum atomic E-state index is -0.312. The van der Waals surface area contributed by atoms with Gasteiger partial charge in [-0.25, -0.2) is 0 Å². The Bertz CT molecular complexity index is 596. The molecule has 0 unspecified atom stereocenters. The van der Waals surface area contributed by atoms with E-state index >= 15 is 0 Å². The number of fused-ring (bicyclic) bond motifs is 1. The fourth-order valence-electron chi connectivity index (χ4n) is 3.11. The molecule has 0 saturated carbocycles. The van der Waals surface area contributed by atoms with Crippen LogP contribution >= 0.6 is 0 Å². The number of amides is 1. The first-order valence-electron chi connectivity index (χ1n) is 8.18. The monoisotopic (exact) mass is 316 g/mol. The average Bonchev–Trinajstić information content (AvgIpc) is 2.64. The number of nitrogens with zero attached hydrogens (tertiary/aromatic N) is 2. The molecule has 23 heavy (non-hydrogen) atoms. The molecule has 0 spiro atoms. The molecule has 0 aliphatic carbocycles. The zero-order valence-electron chi connectivity index (χ0n) is 14.5. The van der Waals surface area contributed by atoms with E-state index in [9.17, 15) is 4.79 Å². The second-order valence-electron chi connectivity index (χ2n) is 7.41. The summed E-state index contributed by atoms with van der Waals surface area (Å²) < 4.78 is 11.8. The van der Waals surface area contributed by atoms with E-state index in [-0.39, 0.29) is 18.4 Å². The van der Waals surface area contributed by atoms with Crippen molar-refractivity contribution in [1.29, 1.82) is 0 Å². The lowest BCUT2D eigenvalue weighted by Crippen LogP contribution is -2.47. The molecule has 1 saturated heterocycles. The van der Waals surface area contributed by atoms with Gasteiger partial charge in [0.1, 0.15) is 0 Å². The van der Waals surface area contributed by atoms with Gasteiger partial charge in [-0.1, -0.05) is 26.0 Å². The summed E-state index contributed by atoms with van der Waals surface area (Å²) in [5, 5.41) is 0. The topological polar surface area (TPSA) is 42.0 Å². The van der Waals surface area contributed by atoms with Gasteiger partial charge in [0.15, 0.2) is 0 Å². The van der Waals surface area contributed by atoms with Gasteiger partial charge >= 0.3 is 7.12 Å². The zero-order chi connectivity index (χ0) is 16.6. The van der Waals surface area contributed by atoms with Gasteiger partial charge in [0.05, 0.1) is 0 Å². The van der Waals surface area contributed by atoms with Crippen LogP contribution in [0.1, 0.15) is 26.3 Å². The van der Waals surface area contributed by atoms with Gasteiger partial charge in [-0.15, -0.1) is 0 Å². The Morgan fingerprint density at radius 3 is 2.57 bits per heavy atom. The number of hydrogen-bond donors (Lipinski definition) is 0. The summed E-state index contributed by atoms with van der Waals surface area (Å²) in [7, 11) is 1.77. The van der Waals surface area contributed by atoms with E-state index in [0.29, 0.717) is 13.2 Å². The molecule has 2 heterocycles. The van der Waals surface area contributed by atoms with Crippen LogP contribution in [-0.2, 0) is 20.6 Å². The van der Waals surface area contributed by atoms with Crippen molar-refractivity contribution in [3.05, 3.63) is 23.8 Å². The maximum absolute atomic E-state index is 11.9. The molecule has 124 valence electrons. The minimum absolute atomic E-state index is 0.0633. The van der Waals surface area contributed by atoms with E-state index in [4.69, 9.17) is 9.31 Å². The fraction of sp³-hybridized carbons (Fsp3) is 0.588. The number of anilines is 1. The number of carbonyl (C=O) groups excluding carboxylic acids is 1. The predicted molar refractivity (Wildman–Crippen MR) is 91.9 cm³/mol. The van der Waals surface area contributed by atoms with Crippen molar-refractivity contribution in [1.82, 2.24) is 4.90 Å². The van der Waals surface area contributed by atoms with E-state index < -0.39 is 0 Å². The summed E-state index contributed by atoms with van der Waals surface area (Å²) in [5.74, 6) is 0.0845. The molecular formula is C17H25BN2O3. The van der Waals surface area contributed by atoms with E-state index in [2.05, 4.69) is 31.9 Å². The Kier molecular flexibility index (Phi) is 4.49. The molecule has 0 aromatic heterocycles. The Morgan fingerprint density at radius 2 is 1.91 bits per heavy atom. The third-order valence-corrected chi connectivity index (χ3v) is 4.44. The lowest BCUT2D eigenvalue weighted by molar-refractivity contribution is -0.116. The highest BCUT2D eigenvalue weighted by atomic mass is 16.6. The van der Waals surface area contributed by atoms with Gasteiger partial charge in [0, 0.05) is 50.9 Å². The van der Waals surface area contributed by atoms with Crippen LogP contribution in [0.15, 0.2) is 18.2 Å². The van der Waals surface area contributed by atoms with E-state index in [0.717, 1.165) is 36.3 Å². The van der Waals surface area contributed by atoms with Crippen LogP contribution in [0.3, 0.4) is 0 Å². The molecule has 1 fully saturated rings. The third kappa shape index (κ3) is 3.60. The molecule has 0 atom stereocenters. The molecule has 1 aromatic rings. The smallest absolute Gasteiger partial charge is 0.407 e. The second kappa shape index (κ2) is 6.26. The first kappa shape index (κ1) is 16.5. The van der Waals surface area contributed by atoms with Gasteiger partial charge in [-0.3, -0.25) is 4.79 Å². The van der Waals surface area contributed by atoms with Crippen LogP contribution in [0.4, 0.5) is 5.69 Å². The van der Waals surface area contributed by atoms with Crippen LogP contribution in [-0.4, -0.2) is 51.3 Å². The largest absolute Gasteiger partial charge is 0.493 e. The molecule has 1 amide bonds. The van der Waals surface area contributed by atoms with Crippen LogP contribution in [0.2, 0.25) is 0 Å². The Hall–Kier alpha value is -1.37. The molecule has 0 N–H and O–H groups in total. The van der Waals surface area contributed by atoms with Gasteiger partial charge < -0.3 is 19.1 Å². The van der Waals surface area contributed by atoms with Gasteiger partial charge in [0.2, 0.25) is 5.91 Å². The molecule has 6 heteroatoms. The summed E-state index contributed by atoms with van der Waals surface area (Å²) in [6.45, 7) is 9.70. The minimum Gasteiger partial charge on any atom is -0.407 e. The SMILES string of the molecule is CC(=O)N1CCN(C)Cc2cc(B3OCC(C)(C)CO3)ccc21. The molecule has 2 aliphatic heterocycles. The normalized spacial score (nSPS) is 21.7. The molecule has 1 aromatic carbocycles. The molecule has 3 rings (SSSR count). The Morgan fingerprint density at radius 1 is 1.22 bits per heavy atom. The van der Waals surface area contributed by atoms with Crippen molar-refractivity contribution < 1.29 is 14.1 Å². The lowest BCUT2D eigenvalue weighted by Gasteiger charge is -2.33. The van der Waals surface area contributed by atoms with Gasteiger partial charge in [0.25, 0.3) is 0 Å². The number of benzene rings is 1. The standard InChI is InChI=1S/C17H25BN2O3/c1-13(21)20-8-7-19(4)10-14-9-15(5-6-16(14)20)18-22-11-17(2,3)12-23-18/h5-6,9H,7-8,10-12H2,1-4H3. The molecule has 0 bridgehead atoms. The van der Waals surface area contributed by atoms with Crippen LogP contribution in [0.5, 0.6) is 0 Å². The first-order chi connectivity index (χ1) is 10.9. The number of likely N-dealkylation sites (N-methyl/N-ethyl adjacent to an activating group) is 1. The highest BCUT2D eigenvalue weighted by molar-refractivity contribution is 6.61. The second-order valence-corrected chi connectivity index (χ2v) is 7.41. The first-order valence-corrected chi connectivity index (χ1v) is 8.18. The summed E-state index contributed by atoms with van der Waals surface area (Å²) >= 11 is 0. The van der Waals surface area contributed by atoms with E-state index in [1.54, 1.807) is 6.92 Å². The maximum Gasteiger partial charge on any atom is 0.493 e. The number of hydrogen-bond acceptors (Lipinski definition) is 4. The van der Waals surface area contributed by atoms with Crippen molar-refractivity contribution in [3.63, 3.8) is 0 Å². The van der Waals surface area contributed by atoms with Gasteiger partial charge in [-0.05, 0) is 24.1 Å². The van der Waals surface area contributed by atoms with Crippen molar-refractivity contribution in [2.24, 2.45) is 5.41 Å². The highest BCUT2D eigenvalue weighted by Gasteiger charge is 2.34. The molecule has 2 aliphatic rings. The van der Waals surface area contributed by atoms with Crippen molar-refractivity contribution >= 4 is 24.2 Å².